The summed E-state index contributed by atoms with van der Waals surface area (Å²) in [5.41, 5.74) is 0.579. The average Bonchev–Trinajstić information content (AvgIpc) is 2.42. The molecule has 0 atom stereocenters. The summed E-state index contributed by atoms with van der Waals surface area (Å²) in [6.07, 6.45) is 7.04. The van der Waals surface area contributed by atoms with Crippen LogP contribution in [0.3, 0.4) is 0 Å². The Bertz CT molecular complexity index is 449. The number of hydrogen-bond acceptors (Lipinski definition) is 2. The number of carbonyl (C=O) groups is 2. The van der Waals surface area contributed by atoms with Gasteiger partial charge < -0.3 is 5.11 Å². The first kappa shape index (κ1) is 15.1. The van der Waals surface area contributed by atoms with Gasteiger partial charge in [-0.3, -0.25) is 4.79 Å². The number of carboxylic acids is 1. The molecule has 0 radical (unpaired) electrons. The van der Waals surface area contributed by atoms with Crippen LogP contribution in [0, 0.1) is 0 Å². The van der Waals surface area contributed by atoms with Crippen LogP contribution >= 0.6 is 0 Å². The third kappa shape index (κ3) is 5.46. The van der Waals surface area contributed by atoms with E-state index >= 15 is 0 Å². The highest BCUT2D eigenvalue weighted by Gasteiger charge is 2.05. The average molecular weight is 261 g/mol. The van der Waals surface area contributed by atoms with Gasteiger partial charge in [-0.1, -0.05) is 26.2 Å². The van der Waals surface area contributed by atoms with E-state index in [1.54, 1.807) is 6.21 Å². The molecule has 0 aliphatic rings. The van der Waals surface area contributed by atoms with Gasteiger partial charge in [-0.05, 0) is 37.1 Å². The molecule has 4 nitrogen and oxygen atoms in total. The largest absolute Gasteiger partial charge is 0.478 e. The lowest BCUT2D eigenvalue weighted by molar-refractivity contribution is 0.0696. The number of unbranched alkanes of at least 4 members (excludes halogenated alkanes) is 4. The van der Waals surface area contributed by atoms with Crippen molar-refractivity contribution >= 4 is 18.1 Å². The topological polar surface area (TPSA) is 66.7 Å². The molecular weight excluding hydrogens is 242 g/mol. The Balaban J connectivity index is 2.44. The molecule has 1 amide bonds. The van der Waals surface area contributed by atoms with Crippen LogP contribution in [-0.2, 0) is 0 Å². The SMILES string of the molecule is CCCCCCC=NC(=O)c1ccc(C(=O)O)cc1. The molecule has 1 rings (SSSR count). The maximum absolute atomic E-state index is 11.7. The van der Waals surface area contributed by atoms with Crippen LogP contribution in [0.4, 0.5) is 0 Å². The van der Waals surface area contributed by atoms with Gasteiger partial charge in [0.1, 0.15) is 0 Å². The van der Waals surface area contributed by atoms with E-state index < -0.39 is 5.97 Å². The monoisotopic (exact) mass is 261 g/mol. The first-order chi connectivity index (χ1) is 9.15. The molecule has 0 saturated heterocycles. The molecule has 0 aliphatic carbocycles. The summed E-state index contributed by atoms with van der Waals surface area (Å²) < 4.78 is 0. The van der Waals surface area contributed by atoms with Gasteiger partial charge in [0.05, 0.1) is 5.56 Å². The van der Waals surface area contributed by atoms with Crippen molar-refractivity contribution in [3.05, 3.63) is 35.4 Å². The van der Waals surface area contributed by atoms with Crippen molar-refractivity contribution in [2.75, 3.05) is 0 Å². The highest BCUT2D eigenvalue weighted by Crippen LogP contribution is 2.06. The highest BCUT2D eigenvalue weighted by atomic mass is 16.4. The first-order valence-electron chi connectivity index (χ1n) is 6.55. The fourth-order valence-corrected chi connectivity index (χ4v) is 1.64. The molecule has 0 unspecified atom stereocenters. The van der Waals surface area contributed by atoms with Crippen molar-refractivity contribution in [2.24, 2.45) is 4.99 Å². The Kier molecular flexibility index (Phi) is 6.50. The van der Waals surface area contributed by atoms with Gasteiger partial charge in [0, 0.05) is 11.8 Å². The molecule has 0 saturated carbocycles. The Morgan fingerprint density at radius 2 is 1.74 bits per heavy atom. The zero-order valence-corrected chi connectivity index (χ0v) is 11.1. The Hall–Kier alpha value is -1.97. The van der Waals surface area contributed by atoms with Crippen LogP contribution in [0.2, 0.25) is 0 Å². The van der Waals surface area contributed by atoms with E-state index in [0.717, 1.165) is 19.3 Å². The lowest BCUT2D eigenvalue weighted by Crippen LogP contribution is -1.99. The van der Waals surface area contributed by atoms with Gasteiger partial charge in [0.2, 0.25) is 0 Å². The standard InChI is InChI=1S/C15H19NO3/c1-2-3-4-5-6-11-16-14(17)12-7-9-13(10-8-12)15(18)19/h7-11H,2-6H2,1H3,(H,18,19). The lowest BCUT2D eigenvalue weighted by atomic mass is 10.1. The number of hydrogen-bond donors (Lipinski definition) is 1. The lowest BCUT2D eigenvalue weighted by Gasteiger charge is -1.97. The van der Waals surface area contributed by atoms with Gasteiger partial charge in [-0.2, -0.15) is 0 Å². The molecule has 19 heavy (non-hydrogen) atoms. The van der Waals surface area contributed by atoms with Gasteiger partial charge in [-0.25, -0.2) is 9.79 Å². The van der Waals surface area contributed by atoms with Crippen molar-refractivity contribution in [2.45, 2.75) is 39.0 Å². The quantitative estimate of drug-likeness (QED) is 0.602. The van der Waals surface area contributed by atoms with Crippen molar-refractivity contribution in [1.29, 1.82) is 0 Å². The normalized spacial score (nSPS) is 10.8. The molecule has 0 aromatic heterocycles. The highest BCUT2D eigenvalue weighted by molar-refractivity contribution is 5.99. The van der Waals surface area contributed by atoms with E-state index in [-0.39, 0.29) is 11.5 Å². The summed E-state index contributed by atoms with van der Waals surface area (Å²) in [5.74, 6) is -1.33. The van der Waals surface area contributed by atoms with E-state index in [4.69, 9.17) is 5.11 Å². The summed E-state index contributed by atoms with van der Waals surface area (Å²) in [6, 6.07) is 5.79. The van der Waals surface area contributed by atoms with Crippen molar-refractivity contribution < 1.29 is 14.7 Å². The molecular formula is C15H19NO3. The molecule has 1 N–H and O–H groups in total. The van der Waals surface area contributed by atoms with Crippen LogP contribution in [0.15, 0.2) is 29.3 Å². The maximum atomic E-state index is 11.7. The third-order valence-corrected chi connectivity index (χ3v) is 2.77. The number of nitrogens with zero attached hydrogens (tertiary/aromatic N) is 1. The molecule has 1 aromatic carbocycles. The van der Waals surface area contributed by atoms with Crippen LogP contribution in [0.1, 0.15) is 59.7 Å². The predicted octanol–water partition coefficient (Wildman–Crippen LogP) is 3.57. The summed E-state index contributed by atoms with van der Waals surface area (Å²) >= 11 is 0. The van der Waals surface area contributed by atoms with E-state index in [0.29, 0.717) is 5.56 Å². The number of benzene rings is 1. The molecule has 102 valence electrons. The number of rotatable bonds is 7. The van der Waals surface area contributed by atoms with Crippen molar-refractivity contribution in [1.82, 2.24) is 0 Å². The minimum absolute atomic E-state index is 0.167. The summed E-state index contributed by atoms with van der Waals surface area (Å²) in [6.45, 7) is 2.15. The van der Waals surface area contributed by atoms with E-state index in [9.17, 15) is 9.59 Å². The number of aliphatic imine (C=N–C) groups is 1. The molecule has 1 aromatic rings. The summed E-state index contributed by atoms with van der Waals surface area (Å²) in [7, 11) is 0. The first-order valence-corrected chi connectivity index (χ1v) is 6.55. The zero-order valence-electron chi connectivity index (χ0n) is 11.1. The third-order valence-electron chi connectivity index (χ3n) is 2.77. The maximum Gasteiger partial charge on any atom is 0.335 e. The molecule has 4 heteroatoms. The van der Waals surface area contributed by atoms with Gasteiger partial charge in [0.25, 0.3) is 5.91 Å². The number of amides is 1. The fourth-order valence-electron chi connectivity index (χ4n) is 1.64. The summed E-state index contributed by atoms with van der Waals surface area (Å²) in [5, 5.41) is 8.74. The Morgan fingerprint density at radius 1 is 1.11 bits per heavy atom. The molecule has 0 spiro atoms. The fraction of sp³-hybridized carbons (Fsp3) is 0.400. The zero-order chi connectivity index (χ0) is 14.1. The van der Waals surface area contributed by atoms with Crippen LogP contribution in [0.25, 0.3) is 0 Å². The van der Waals surface area contributed by atoms with Crippen LogP contribution in [0.5, 0.6) is 0 Å². The van der Waals surface area contributed by atoms with E-state index in [2.05, 4.69) is 11.9 Å². The minimum Gasteiger partial charge on any atom is -0.478 e. The molecule has 0 aliphatic heterocycles. The number of aromatic carboxylic acids is 1. The van der Waals surface area contributed by atoms with E-state index in [1.165, 1.54) is 37.1 Å². The summed E-state index contributed by atoms with van der Waals surface area (Å²) in [4.78, 5) is 26.2. The van der Waals surface area contributed by atoms with Crippen LogP contribution < -0.4 is 0 Å². The number of carboxylic acid groups (broad SMARTS) is 1. The number of carbonyl (C=O) groups excluding carboxylic acids is 1. The van der Waals surface area contributed by atoms with Crippen molar-refractivity contribution in [3.63, 3.8) is 0 Å². The molecule has 0 fully saturated rings. The molecule has 0 heterocycles. The minimum atomic E-state index is -1.00. The van der Waals surface area contributed by atoms with Gasteiger partial charge in [0.15, 0.2) is 0 Å². The van der Waals surface area contributed by atoms with Gasteiger partial charge in [-0.15, -0.1) is 0 Å². The van der Waals surface area contributed by atoms with Gasteiger partial charge >= 0.3 is 5.97 Å². The smallest absolute Gasteiger partial charge is 0.335 e. The van der Waals surface area contributed by atoms with E-state index in [1.807, 2.05) is 0 Å². The second-order valence-corrected chi connectivity index (χ2v) is 4.35. The van der Waals surface area contributed by atoms with Crippen LogP contribution in [-0.4, -0.2) is 23.2 Å². The molecule has 0 bridgehead atoms. The Morgan fingerprint density at radius 3 is 2.32 bits per heavy atom. The predicted molar refractivity (Wildman–Crippen MR) is 75.0 cm³/mol. The second-order valence-electron chi connectivity index (χ2n) is 4.35. The van der Waals surface area contributed by atoms with Crippen molar-refractivity contribution in [3.8, 4) is 0 Å². The Labute approximate surface area is 113 Å². The second kappa shape index (κ2) is 8.19.